The average molecular weight is 433 g/mol. The van der Waals surface area contributed by atoms with Crippen LogP contribution in [0.5, 0.6) is 0 Å². The lowest BCUT2D eigenvalue weighted by atomic mass is 10.0. The molecule has 2 aromatic heterocycles. The molecule has 0 aliphatic heterocycles. The van der Waals surface area contributed by atoms with Gasteiger partial charge in [0.15, 0.2) is 5.65 Å². The summed E-state index contributed by atoms with van der Waals surface area (Å²) < 4.78 is 6.40. The molecule has 9 heteroatoms. The molecule has 0 unspecified atom stereocenters. The second-order valence-corrected chi connectivity index (χ2v) is 8.54. The Kier molecular flexibility index (Phi) is 7.75. The van der Waals surface area contributed by atoms with Gasteiger partial charge in [-0.25, -0.2) is 9.78 Å². The second-order valence-electron chi connectivity index (χ2n) is 8.54. The second kappa shape index (κ2) is 9.89. The molecular formula is C22H32N4O5. The Bertz CT molecular complexity index is 1080. The lowest BCUT2D eigenvalue weighted by molar-refractivity contribution is -0.144. The van der Waals surface area contributed by atoms with Gasteiger partial charge in [-0.3, -0.25) is 23.9 Å². The van der Waals surface area contributed by atoms with Gasteiger partial charge in [0.25, 0.3) is 11.5 Å². The van der Waals surface area contributed by atoms with Crippen molar-refractivity contribution in [3.8, 4) is 0 Å². The predicted octanol–water partition coefficient (Wildman–Crippen LogP) is 2.28. The van der Waals surface area contributed by atoms with Gasteiger partial charge in [0.2, 0.25) is 0 Å². The molecule has 0 aromatic carbocycles. The Morgan fingerprint density at radius 1 is 1.16 bits per heavy atom. The number of esters is 1. The average Bonchev–Trinajstić information content (AvgIpc) is 2.67. The largest absolute Gasteiger partial charge is 0.465 e. The van der Waals surface area contributed by atoms with Gasteiger partial charge in [0.05, 0.1) is 17.6 Å². The predicted molar refractivity (Wildman–Crippen MR) is 118 cm³/mol. The summed E-state index contributed by atoms with van der Waals surface area (Å²) in [4.78, 5) is 59.2. The van der Waals surface area contributed by atoms with E-state index in [4.69, 9.17) is 4.74 Å². The molecule has 0 fully saturated rings. The third-order valence-corrected chi connectivity index (χ3v) is 4.83. The summed E-state index contributed by atoms with van der Waals surface area (Å²) in [5.41, 5.74) is -0.364. The van der Waals surface area contributed by atoms with E-state index in [9.17, 15) is 19.2 Å². The van der Waals surface area contributed by atoms with Crippen molar-refractivity contribution in [2.45, 2.75) is 67.0 Å². The van der Waals surface area contributed by atoms with E-state index >= 15 is 0 Å². The third-order valence-electron chi connectivity index (χ3n) is 4.83. The minimum atomic E-state index is -0.675. The van der Waals surface area contributed by atoms with E-state index in [1.54, 1.807) is 26.8 Å². The van der Waals surface area contributed by atoms with Gasteiger partial charge in [0, 0.05) is 18.3 Å². The van der Waals surface area contributed by atoms with Crippen LogP contribution in [0.2, 0.25) is 0 Å². The Morgan fingerprint density at radius 3 is 2.32 bits per heavy atom. The maximum absolute atomic E-state index is 13.5. The van der Waals surface area contributed by atoms with Crippen molar-refractivity contribution < 1.29 is 14.3 Å². The summed E-state index contributed by atoms with van der Waals surface area (Å²) in [5, 5.41) is 0.0455. The number of amides is 1. The molecule has 9 nitrogen and oxygen atoms in total. The summed E-state index contributed by atoms with van der Waals surface area (Å²) in [6.45, 7) is 13.3. The van der Waals surface area contributed by atoms with Gasteiger partial charge in [-0.05, 0) is 38.7 Å². The van der Waals surface area contributed by atoms with Crippen molar-refractivity contribution in [1.82, 2.24) is 19.4 Å². The Balaban J connectivity index is 2.81. The standard InChI is InChI=1S/C22H32N4O5/c1-8-31-17(27)11-25(14(6)7)21(29)15-9-16(13(4)5)23-19-18(15)20(28)24-22(30)26(19)10-12(2)3/h9,12-14H,8,10-11H2,1-7H3,(H,24,28,30). The molecule has 0 saturated heterocycles. The van der Waals surface area contributed by atoms with Crippen LogP contribution in [-0.2, 0) is 16.1 Å². The molecule has 31 heavy (non-hydrogen) atoms. The number of hydrogen-bond donors (Lipinski definition) is 1. The molecule has 1 amide bonds. The molecule has 0 atom stereocenters. The number of fused-ring (bicyclic) bond motifs is 1. The van der Waals surface area contributed by atoms with E-state index in [-0.39, 0.29) is 47.6 Å². The van der Waals surface area contributed by atoms with E-state index < -0.39 is 23.1 Å². The Labute approximate surface area is 181 Å². The van der Waals surface area contributed by atoms with E-state index in [2.05, 4.69) is 9.97 Å². The van der Waals surface area contributed by atoms with Crippen LogP contribution in [0, 0.1) is 5.92 Å². The zero-order valence-electron chi connectivity index (χ0n) is 19.3. The lowest BCUT2D eigenvalue weighted by Gasteiger charge is -2.26. The quantitative estimate of drug-likeness (QED) is 0.640. The SMILES string of the molecule is CCOC(=O)CN(C(=O)c1cc(C(C)C)nc2c1c(=O)[nH]c(=O)n2CC(C)C)C(C)C. The first-order valence-electron chi connectivity index (χ1n) is 10.6. The fraction of sp³-hybridized carbons (Fsp3) is 0.591. The molecule has 2 heterocycles. The van der Waals surface area contributed by atoms with Gasteiger partial charge in [-0.1, -0.05) is 27.7 Å². The number of aromatic amines is 1. The third kappa shape index (κ3) is 5.39. The van der Waals surface area contributed by atoms with Gasteiger partial charge in [0.1, 0.15) is 6.54 Å². The van der Waals surface area contributed by atoms with Crippen LogP contribution in [0.1, 0.15) is 70.4 Å². The van der Waals surface area contributed by atoms with Crippen LogP contribution in [0.3, 0.4) is 0 Å². The van der Waals surface area contributed by atoms with Gasteiger partial charge in [-0.15, -0.1) is 0 Å². The van der Waals surface area contributed by atoms with Crippen LogP contribution >= 0.6 is 0 Å². The number of hydrogen-bond acceptors (Lipinski definition) is 6. The van der Waals surface area contributed by atoms with Crippen molar-refractivity contribution in [1.29, 1.82) is 0 Å². The number of rotatable bonds is 8. The number of H-pyrrole nitrogens is 1. The number of ether oxygens (including phenoxy) is 1. The van der Waals surface area contributed by atoms with Crippen LogP contribution in [0.4, 0.5) is 0 Å². The molecular weight excluding hydrogens is 400 g/mol. The van der Waals surface area contributed by atoms with E-state index in [1.807, 2.05) is 27.7 Å². The molecule has 0 bridgehead atoms. The van der Waals surface area contributed by atoms with Crippen LogP contribution < -0.4 is 11.2 Å². The van der Waals surface area contributed by atoms with Crippen molar-refractivity contribution in [3.63, 3.8) is 0 Å². The molecule has 2 rings (SSSR count). The fourth-order valence-electron chi connectivity index (χ4n) is 3.28. The molecule has 0 radical (unpaired) electrons. The van der Waals surface area contributed by atoms with Gasteiger partial charge < -0.3 is 9.64 Å². The van der Waals surface area contributed by atoms with Gasteiger partial charge >= 0.3 is 11.7 Å². The highest BCUT2D eigenvalue weighted by molar-refractivity contribution is 6.06. The summed E-state index contributed by atoms with van der Waals surface area (Å²) in [6.07, 6.45) is 0. The molecule has 0 spiro atoms. The molecule has 1 N–H and O–H groups in total. The fourth-order valence-corrected chi connectivity index (χ4v) is 3.28. The van der Waals surface area contributed by atoms with Crippen molar-refractivity contribution in [2.75, 3.05) is 13.2 Å². The van der Waals surface area contributed by atoms with Crippen LogP contribution in [0.15, 0.2) is 15.7 Å². The summed E-state index contributed by atoms with van der Waals surface area (Å²) in [7, 11) is 0. The zero-order chi connectivity index (χ0) is 23.5. The first kappa shape index (κ1) is 24.3. The first-order valence-corrected chi connectivity index (χ1v) is 10.6. The number of carbonyl (C=O) groups is 2. The highest BCUT2D eigenvalue weighted by Crippen LogP contribution is 2.22. The minimum Gasteiger partial charge on any atom is -0.465 e. The van der Waals surface area contributed by atoms with Crippen molar-refractivity contribution >= 4 is 22.9 Å². The number of nitrogens with one attached hydrogen (secondary N) is 1. The maximum Gasteiger partial charge on any atom is 0.330 e. The van der Waals surface area contributed by atoms with Crippen LogP contribution in [0.25, 0.3) is 11.0 Å². The molecule has 2 aromatic rings. The molecule has 170 valence electrons. The van der Waals surface area contributed by atoms with Crippen molar-refractivity contribution in [2.24, 2.45) is 5.92 Å². The minimum absolute atomic E-state index is 0.0455. The number of pyridine rings is 1. The monoisotopic (exact) mass is 432 g/mol. The Hall–Kier alpha value is -2.97. The molecule has 0 saturated carbocycles. The summed E-state index contributed by atoms with van der Waals surface area (Å²) in [5.74, 6) is -0.947. The topological polar surface area (TPSA) is 114 Å². The molecule has 0 aliphatic rings. The summed E-state index contributed by atoms with van der Waals surface area (Å²) >= 11 is 0. The number of nitrogens with zero attached hydrogens (tertiary/aromatic N) is 3. The number of aromatic nitrogens is 3. The van der Waals surface area contributed by atoms with Gasteiger partial charge in [-0.2, -0.15) is 0 Å². The smallest absolute Gasteiger partial charge is 0.330 e. The summed E-state index contributed by atoms with van der Waals surface area (Å²) in [6, 6.07) is 1.26. The maximum atomic E-state index is 13.5. The first-order chi connectivity index (χ1) is 14.5. The Morgan fingerprint density at radius 2 is 1.81 bits per heavy atom. The normalized spacial score (nSPS) is 11.5. The van der Waals surface area contributed by atoms with E-state index in [0.717, 1.165) is 0 Å². The van der Waals surface area contributed by atoms with E-state index in [1.165, 1.54) is 9.47 Å². The highest BCUT2D eigenvalue weighted by atomic mass is 16.5. The van der Waals surface area contributed by atoms with Crippen LogP contribution in [-0.4, -0.2) is 50.5 Å². The lowest BCUT2D eigenvalue weighted by Crippen LogP contribution is -2.42. The van der Waals surface area contributed by atoms with E-state index in [0.29, 0.717) is 12.2 Å². The van der Waals surface area contributed by atoms with Crippen molar-refractivity contribution in [3.05, 3.63) is 38.2 Å². The highest BCUT2D eigenvalue weighted by Gasteiger charge is 2.27. The number of carbonyl (C=O) groups excluding carboxylic acids is 2. The molecule has 0 aliphatic carbocycles. The zero-order valence-corrected chi connectivity index (χ0v) is 19.3.